The van der Waals surface area contributed by atoms with Crippen LogP contribution in [0.2, 0.25) is 0 Å². The van der Waals surface area contributed by atoms with Gasteiger partial charge in [-0.25, -0.2) is 4.98 Å². The highest BCUT2D eigenvalue weighted by Crippen LogP contribution is 2.36. The Kier molecular flexibility index (Phi) is 5.31. The van der Waals surface area contributed by atoms with Gasteiger partial charge in [-0.1, -0.05) is 30.3 Å². The van der Waals surface area contributed by atoms with Crippen LogP contribution in [-0.4, -0.2) is 51.9 Å². The third kappa shape index (κ3) is 3.82. The van der Waals surface area contributed by atoms with Gasteiger partial charge in [-0.3, -0.25) is 4.79 Å². The Labute approximate surface area is 187 Å². The zero-order valence-corrected chi connectivity index (χ0v) is 18.7. The first kappa shape index (κ1) is 20.5. The molecule has 1 saturated heterocycles. The number of aromatic nitrogens is 3. The number of nitrogens with one attached hydrogen (secondary N) is 2. The number of likely N-dealkylation sites (tertiary alicyclic amines) is 1. The van der Waals surface area contributed by atoms with E-state index >= 15 is 0 Å². The van der Waals surface area contributed by atoms with E-state index in [1.165, 1.54) is 0 Å². The third-order valence-electron chi connectivity index (χ3n) is 6.26. The minimum absolute atomic E-state index is 0.0359. The first-order valence-corrected chi connectivity index (χ1v) is 11.1. The molecule has 164 valence electrons. The third-order valence-corrected chi connectivity index (χ3v) is 6.26. The summed E-state index contributed by atoms with van der Waals surface area (Å²) in [5, 5.41) is 0. The van der Waals surface area contributed by atoms with E-state index in [0.717, 1.165) is 65.2 Å². The molecule has 3 heterocycles. The largest absolute Gasteiger partial charge is 0.490 e. The fourth-order valence-electron chi connectivity index (χ4n) is 4.61. The van der Waals surface area contributed by atoms with Gasteiger partial charge < -0.3 is 19.6 Å². The molecule has 6 nitrogen and oxygen atoms in total. The van der Waals surface area contributed by atoms with E-state index < -0.39 is 0 Å². The van der Waals surface area contributed by atoms with Gasteiger partial charge in [-0.05, 0) is 51.4 Å². The molecule has 4 aromatic rings. The van der Waals surface area contributed by atoms with E-state index in [-0.39, 0.29) is 11.9 Å². The van der Waals surface area contributed by atoms with Gasteiger partial charge in [0.2, 0.25) is 0 Å². The molecule has 2 aromatic heterocycles. The van der Waals surface area contributed by atoms with Crippen LogP contribution < -0.4 is 4.74 Å². The number of aromatic amines is 2. The number of H-pyrrole nitrogens is 2. The molecule has 0 atom stereocenters. The molecule has 1 fully saturated rings. The summed E-state index contributed by atoms with van der Waals surface area (Å²) in [6.07, 6.45) is 2.33. The summed E-state index contributed by atoms with van der Waals surface area (Å²) < 4.78 is 6.25. The van der Waals surface area contributed by atoms with Crippen LogP contribution in [0.1, 0.15) is 35.8 Å². The van der Waals surface area contributed by atoms with E-state index in [2.05, 4.69) is 21.9 Å². The molecule has 0 spiro atoms. The molecule has 2 N–H and O–H groups in total. The SMILES string of the molecule is CC(=O)c1c(C)[nH]c(-c2nc3ccc(OC4CCN(C)CC4)cc3[nH]2)c1-c1ccccc1. The summed E-state index contributed by atoms with van der Waals surface area (Å²) >= 11 is 0. The molecule has 0 aliphatic carbocycles. The molecule has 0 saturated carbocycles. The summed E-state index contributed by atoms with van der Waals surface area (Å²) in [4.78, 5) is 26.5. The molecule has 0 bridgehead atoms. The maximum absolute atomic E-state index is 12.5. The second kappa shape index (κ2) is 8.28. The van der Waals surface area contributed by atoms with E-state index in [0.29, 0.717) is 11.4 Å². The van der Waals surface area contributed by atoms with E-state index in [4.69, 9.17) is 9.72 Å². The number of rotatable bonds is 5. The fraction of sp³-hybridized carbons (Fsp3) is 0.308. The van der Waals surface area contributed by atoms with Gasteiger partial charge in [0.05, 0.1) is 16.7 Å². The lowest BCUT2D eigenvalue weighted by molar-refractivity contribution is 0.101. The standard InChI is InChI=1S/C26H28N4O2/c1-16-23(17(2)31)24(18-7-5-4-6-8-18)25(27-16)26-28-21-10-9-20(15-22(21)29-26)32-19-11-13-30(3)14-12-19/h4-10,15,19,27H,11-14H2,1-3H3,(H,28,29). The van der Waals surface area contributed by atoms with Crippen molar-refractivity contribution < 1.29 is 9.53 Å². The summed E-state index contributed by atoms with van der Waals surface area (Å²) in [6, 6.07) is 16.0. The number of benzene rings is 2. The van der Waals surface area contributed by atoms with Crippen LogP contribution >= 0.6 is 0 Å². The van der Waals surface area contributed by atoms with Crippen molar-refractivity contribution in [2.75, 3.05) is 20.1 Å². The van der Waals surface area contributed by atoms with Gasteiger partial charge in [-0.2, -0.15) is 0 Å². The van der Waals surface area contributed by atoms with Gasteiger partial charge in [0.1, 0.15) is 11.9 Å². The summed E-state index contributed by atoms with van der Waals surface area (Å²) in [5.41, 5.74) is 6.04. The van der Waals surface area contributed by atoms with Crippen LogP contribution in [0.5, 0.6) is 5.75 Å². The Morgan fingerprint density at radius 2 is 1.84 bits per heavy atom. The van der Waals surface area contributed by atoms with E-state index in [1.807, 2.05) is 55.5 Å². The number of nitrogens with zero attached hydrogens (tertiary/aromatic N) is 2. The number of ketones is 1. The van der Waals surface area contributed by atoms with Gasteiger partial charge in [0.25, 0.3) is 0 Å². The summed E-state index contributed by atoms with van der Waals surface area (Å²) in [5.74, 6) is 1.61. The van der Waals surface area contributed by atoms with Crippen molar-refractivity contribution >= 4 is 16.8 Å². The smallest absolute Gasteiger partial charge is 0.162 e. The summed E-state index contributed by atoms with van der Waals surface area (Å²) in [6.45, 7) is 5.67. The van der Waals surface area contributed by atoms with Gasteiger partial charge >= 0.3 is 0 Å². The normalized spacial score (nSPS) is 15.3. The zero-order chi connectivity index (χ0) is 22.2. The lowest BCUT2D eigenvalue weighted by Gasteiger charge is -2.29. The minimum Gasteiger partial charge on any atom is -0.490 e. The number of piperidine rings is 1. The minimum atomic E-state index is 0.0359. The van der Waals surface area contributed by atoms with E-state index in [9.17, 15) is 4.79 Å². The molecule has 0 unspecified atom stereocenters. The Bertz CT molecular complexity index is 1260. The van der Waals surface area contributed by atoms with Crippen molar-refractivity contribution in [2.24, 2.45) is 0 Å². The first-order chi connectivity index (χ1) is 15.5. The molecule has 6 heteroatoms. The van der Waals surface area contributed by atoms with E-state index in [1.54, 1.807) is 6.92 Å². The highest BCUT2D eigenvalue weighted by Gasteiger charge is 2.23. The highest BCUT2D eigenvalue weighted by atomic mass is 16.5. The monoisotopic (exact) mass is 428 g/mol. The van der Waals surface area contributed by atoms with Crippen molar-refractivity contribution in [3.8, 4) is 28.4 Å². The Morgan fingerprint density at radius 1 is 1.09 bits per heavy atom. The van der Waals surface area contributed by atoms with Crippen molar-refractivity contribution in [3.63, 3.8) is 0 Å². The lowest BCUT2D eigenvalue weighted by atomic mass is 9.98. The maximum atomic E-state index is 12.5. The number of carbonyl (C=O) groups excluding carboxylic acids is 1. The average molecular weight is 429 g/mol. The molecule has 1 aliphatic rings. The predicted octanol–water partition coefficient (Wildman–Crippen LogP) is 5.21. The molecule has 0 amide bonds. The number of aryl methyl sites for hydroxylation is 1. The molecule has 32 heavy (non-hydrogen) atoms. The quantitative estimate of drug-likeness (QED) is 0.428. The van der Waals surface area contributed by atoms with Crippen LogP contribution in [0.15, 0.2) is 48.5 Å². The second-order valence-electron chi connectivity index (χ2n) is 8.68. The summed E-state index contributed by atoms with van der Waals surface area (Å²) in [7, 11) is 2.15. The van der Waals surface area contributed by atoms with Crippen molar-refractivity contribution in [3.05, 3.63) is 59.8 Å². The van der Waals surface area contributed by atoms with Crippen LogP contribution in [-0.2, 0) is 0 Å². The van der Waals surface area contributed by atoms with Crippen molar-refractivity contribution in [1.29, 1.82) is 0 Å². The molecular weight excluding hydrogens is 400 g/mol. The second-order valence-corrected chi connectivity index (χ2v) is 8.68. The maximum Gasteiger partial charge on any atom is 0.162 e. The molecule has 0 radical (unpaired) electrons. The molecule has 2 aromatic carbocycles. The average Bonchev–Trinajstić information content (AvgIpc) is 3.36. The Morgan fingerprint density at radius 3 is 2.56 bits per heavy atom. The Balaban J connectivity index is 1.53. The fourth-order valence-corrected chi connectivity index (χ4v) is 4.61. The highest BCUT2D eigenvalue weighted by molar-refractivity contribution is 6.05. The number of carbonyl (C=O) groups is 1. The van der Waals surface area contributed by atoms with Gasteiger partial charge in [0, 0.05) is 36.0 Å². The van der Waals surface area contributed by atoms with Crippen molar-refractivity contribution in [1.82, 2.24) is 19.9 Å². The van der Waals surface area contributed by atoms with Crippen LogP contribution in [0.25, 0.3) is 33.7 Å². The van der Waals surface area contributed by atoms with Crippen LogP contribution in [0, 0.1) is 6.92 Å². The topological polar surface area (TPSA) is 74.0 Å². The van der Waals surface area contributed by atoms with Gasteiger partial charge in [0.15, 0.2) is 11.6 Å². The number of hydrogen-bond donors (Lipinski definition) is 2. The lowest BCUT2D eigenvalue weighted by Crippen LogP contribution is -2.35. The number of fused-ring (bicyclic) bond motifs is 1. The van der Waals surface area contributed by atoms with Crippen LogP contribution in [0.4, 0.5) is 0 Å². The van der Waals surface area contributed by atoms with Crippen molar-refractivity contribution in [2.45, 2.75) is 32.8 Å². The Hall–Kier alpha value is -3.38. The number of imidazole rings is 1. The number of ether oxygens (including phenoxy) is 1. The zero-order valence-electron chi connectivity index (χ0n) is 18.7. The molecule has 5 rings (SSSR count). The predicted molar refractivity (Wildman–Crippen MR) is 127 cm³/mol. The first-order valence-electron chi connectivity index (χ1n) is 11.1. The molecular formula is C26H28N4O2. The van der Waals surface area contributed by atoms with Gasteiger partial charge in [-0.15, -0.1) is 0 Å². The van der Waals surface area contributed by atoms with Crippen LogP contribution in [0.3, 0.4) is 0 Å². The number of Topliss-reactive ketones (excluding diaryl/α,β-unsaturated/α-hetero) is 1. The molecule has 1 aliphatic heterocycles. The number of hydrogen-bond acceptors (Lipinski definition) is 4.